The molecular formula is C10H9NaO5S. The zero-order valence-corrected chi connectivity index (χ0v) is 8.77. The monoisotopic (exact) mass is 264 g/mol. The van der Waals surface area contributed by atoms with E-state index in [-0.39, 0.29) is 56.7 Å². The first-order valence-corrected chi connectivity index (χ1v) is 5.76. The van der Waals surface area contributed by atoms with Crippen LogP contribution in [0, 0.1) is 0 Å². The predicted octanol–water partition coefficient (Wildman–Crippen LogP) is 0.849. The summed E-state index contributed by atoms with van der Waals surface area (Å²) in [5, 5.41) is 19.1. The second kappa shape index (κ2) is 4.83. The van der Waals surface area contributed by atoms with E-state index in [1.807, 2.05) is 0 Å². The van der Waals surface area contributed by atoms with Gasteiger partial charge in [0.05, 0.1) is 5.39 Å². The number of phenolic OH excluding ortho intramolecular Hbond substituents is 2. The van der Waals surface area contributed by atoms with Crippen LogP contribution >= 0.6 is 0 Å². The number of phenols is 2. The van der Waals surface area contributed by atoms with Crippen LogP contribution in [0.1, 0.15) is 0 Å². The van der Waals surface area contributed by atoms with Gasteiger partial charge in [0.15, 0.2) is 0 Å². The van der Waals surface area contributed by atoms with Gasteiger partial charge < -0.3 is 10.2 Å². The summed E-state index contributed by atoms with van der Waals surface area (Å²) < 4.78 is 31.1. The van der Waals surface area contributed by atoms with Gasteiger partial charge >= 0.3 is 29.6 Å². The molecule has 7 heteroatoms. The first-order valence-electron chi connectivity index (χ1n) is 4.32. The normalized spacial score (nSPS) is 11.1. The Labute approximate surface area is 120 Å². The number of hydrogen-bond donors (Lipinski definition) is 3. The summed E-state index contributed by atoms with van der Waals surface area (Å²) in [5.41, 5.74) is 0. The van der Waals surface area contributed by atoms with Crippen molar-refractivity contribution in [2.24, 2.45) is 0 Å². The van der Waals surface area contributed by atoms with Crippen molar-refractivity contribution in [3.63, 3.8) is 0 Å². The van der Waals surface area contributed by atoms with Gasteiger partial charge in [-0.3, -0.25) is 4.55 Å². The third-order valence-corrected chi connectivity index (χ3v) is 3.15. The van der Waals surface area contributed by atoms with Crippen LogP contribution in [0.4, 0.5) is 0 Å². The Morgan fingerprint density at radius 3 is 2.12 bits per heavy atom. The molecule has 0 bridgehead atoms. The van der Waals surface area contributed by atoms with Gasteiger partial charge in [0.25, 0.3) is 10.1 Å². The fourth-order valence-electron chi connectivity index (χ4n) is 1.57. The van der Waals surface area contributed by atoms with E-state index < -0.39 is 10.1 Å². The maximum atomic E-state index is 11.1. The molecule has 2 rings (SSSR count). The van der Waals surface area contributed by atoms with Crippen molar-refractivity contribution in [3.8, 4) is 11.5 Å². The van der Waals surface area contributed by atoms with Gasteiger partial charge in [0.2, 0.25) is 0 Å². The van der Waals surface area contributed by atoms with Gasteiger partial charge in [0.1, 0.15) is 16.4 Å². The summed E-state index contributed by atoms with van der Waals surface area (Å²) >= 11 is 0. The van der Waals surface area contributed by atoms with E-state index in [1.54, 1.807) is 0 Å². The van der Waals surface area contributed by atoms with Crippen molar-refractivity contribution >= 4 is 50.4 Å². The van der Waals surface area contributed by atoms with E-state index in [2.05, 4.69) is 0 Å². The number of fused-ring (bicyclic) bond motifs is 1. The van der Waals surface area contributed by atoms with Crippen molar-refractivity contribution in [1.29, 1.82) is 0 Å². The Hall–Kier alpha value is -0.790. The Morgan fingerprint density at radius 1 is 0.941 bits per heavy atom. The molecule has 86 valence electrons. The van der Waals surface area contributed by atoms with Crippen molar-refractivity contribution < 1.29 is 23.2 Å². The van der Waals surface area contributed by atoms with Crippen molar-refractivity contribution in [2.45, 2.75) is 4.90 Å². The summed E-state index contributed by atoms with van der Waals surface area (Å²) in [4.78, 5) is -0.351. The van der Waals surface area contributed by atoms with E-state index in [0.717, 1.165) is 12.1 Å². The van der Waals surface area contributed by atoms with Crippen LogP contribution in [0.3, 0.4) is 0 Å². The van der Waals surface area contributed by atoms with Gasteiger partial charge in [0, 0.05) is 5.39 Å². The third-order valence-electron chi connectivity index (χ3n) is 2.23. The van der Waals surface area contributed by atoms with Gasteiger partial charge in [-0.25, -0.2) is 0 Å². The summed E-state index contributed by atoms with van der Waals surface area (Å²) in [7, 11) is -4.39. The van der Waals surface area contributed by atoms with Crippen LogP contribution in [0.15, 0.2) is 35.2 Å². The van der Waals surface area contributed by atoms with Crippen LogP contribution in [0.2, 0.25) is 0 Å². The molecule has 0 aliphatic carbocycles. The number of hydrogen-bond acceptors (Lipinski definition) is 4. The van der Waals surface area contributed by atoms with E-state index in [0.29, 0.717) is 0 Å². The first kappa shape index (κ1) is 14.3. The Morgan fingerprint density at radius 2 is 1.53 bits per heavy atom. The van der Waals surface area contributed by atoms with E-state index in [9.17, 15) is 18.6 Å². The molecule has 0 unspecified atom stereocenters. The topological polar surface area (TPSA) is 94.8 Å². The van der Waals surface area contributed by atoms with Crippen molar-refractivity contribution in [2.75, 3.05) is 0 Å². The zero-order chi connectivity index (χ0) is 11.9. The van der Waals surface area contributed by atoms with Gasteiger partial charge in [-0.1, -0.05) is 12.1 Å². The Balaban J connectivity index is 0.00000144. The molecule has 2 aromatic rings. The molecule has 5 nitrogen and oxygen atoms in total. The van der Waals surface area contributed by atoms with Crippen LogP contribution in [0.25, 0.3) is 10.8 Å². The molecule has 0 saturated carbocycles. The van der Waals surface area contributed by atoms with Gasteiger partial charge in [-0.15, -0.1) is 0 Å². The van der Waals surface area contributed by atoms with Crippen LogP contribution in [0.5, 0.6) is 11.5 Å². The first-order chi connectivity index (χ1) is 7.41. The quantitative estimate of drug-likeness (QED) is 0.524. The fraction of sp³-hybridized carbons (Fsp3) is 0. The van der Waals surface area contributed by atoms with E-state index >= 15 is 0 Å². The molecule has 17 heavy (non-hydrogen) atoms. The zero-order valence-electron chi connectivity index (χ0n) is 7.95. The summed E-state index contributed by atoms with van der Waals surface area (Å²) in [6.07, 6.45) is 0. The maximum absolute atomic E-state index is 11.1. The van der Waals surface area contributed by atoms with Crippen LogP contribution < -0.4 is 0 Å². The minimum atomic E-state index is -4.39. The molecule has 0 atom stereocenters. The Bertz CT molecular complexity index is 657. The predicted molar refractivity (Wildman–Crippen MR) is 64.2 cm³/mol. The average molecular weight is 264 g/mol. The number of benzene rings is 2. The van der Waals surface area contributed by atoms with Crippen molar-refractivity contribution in [1.82, 2.24) is 0 Å². The summed E-state index contributed by atoms with van der Waals surface area (Å²) in [6, 6.07) is 6.30. The molecule has 0 radical (unpaired) electrons. The van der Waals surface area contributed by atoms with E-state index in [4.69, 9.17) is 4.55 Å². The standard InChI is InChI=1S/C10H8O5S.Na.H/c11-7-3-1-2-6-9(16(13,14)15)5-4-8(12)10(6)7;;/h1-5,11-12H,(H,13,14,15);;. The fourth-order valence-corrected chi connectivity index (χ4v) is 2.26. The second-order valence-corrected chi connectivity index (χ2v) is 4.65. The summed E-state index contributed by atoms with van der Waals surface area (Å²) in [6.45, 7) is 0. The summed E-state index contributed by atoms with van der Waals surface area (Å²) in [5.74, 6) is -0.499. The minimum absolute atomic E-state index is 0. The molecule has 0 aliphatic heterocycles. The van der Waals surface area contributed by atoms with E-state index in [1.165, 1.54) is 18.2 Å². The molecule has 3 N–H and O–H groups in total. The number of rotatable bonds is 1. The van der Waals surface area contributed by atoms with Gasteiger partial charge in [-0.2, -0.15) is 8.42 Å². The second-order valence-electron chi connectivity index (χ2n) is 3.26. The SMILES string of the molecule is O=S(=O)(O)c1ccc(O)c2c(O)cccc12.[NaH]. The molecule has 0 spiro atoms. The average Bonchev–Trinajstić information content (AvgIpc) is 2.16. The van der Waals surface area contributed by atoms with Gasteiger partial charge in [-0.05, 0) is 18.2 Å². The third kappa shape index (κ3) is 2.56. The molecule has 0 fully saturated rings. The van der Waals surface area contributed by atoms with Crippen LogP contribution in [-0.2, 0) is 10.1 Å². The van der Waals surface area contributed by atoms with Crippen molar-refractivity contribution in [3.05, 3.63) is 30.3 Å². The Kier molecular flexibility index (Phi) is 4.06. The molecule has 0 aliphatic rings. The molecule has 0 aromatic heterocycles. The number of aromatic hydroxyl groups is 2. The molecule has 2 aromatic carbocycles. The van der Waals surface area contributed by atoms with Crippen LogP contribution in [-0.4, -0.2) is 52.7 Å². The molecule has 0 heterocycles. The molecule has 0 saturated heterocycles. The molecule has 0 amide bonds. The molecular weight excluding hydrogens is 255 g/mol.